The zero-order valence-electron chi connectivity index (χ0n) is 21.0. The number of pyridine rings is 1. The Morgan fingerprint density at radius 3 is 2.69 bits per heavy atom. The van der Waals surface area contributed by atoms with Gasteiger partial charge < -0.3 is 29.4 Å². The summed E-state index contributed by atoms with van der Waals surface area (Å²) in [6.45, 7) is 7.20. The number of carbonyl (C=O) groups excluding carboxylic acids is 2. The minimum Gasteiger partial charge on any atom is -0.465 e. The Balaban J connectivity index is 1.85. The fourth-order valence-corrected chi connectivity index (χ4v) is 5.70. The van der Waals surface area contributed by atoms with Crippen molar-refractivity contribution in [2.24, 2.45) is 11.7 Å². The standard InChI is InChI=1S/C27H31N3O6/c1-15(2)13-30-19-10-6-5-9-18(19)27(26(30)33)21-20(36-23(28)22(27)25(32)34-4)12-16(3)29(24(21)31)14-17-8-7-11-35-17/h5-6,9-10,12,15,17H,7-8,11,13-14,28H2,1-4H3/t17-,27-/m0/s1. The van der Waals surface area contributed by atoms with E-state index in [1.54, 1.807) is 34.6 Å². The van der Waals surface area contributed by atoms with E-state index in [9.17, 15) is 14.4 Å². The number of methoxy groups -OCH3 is 1. The van der Waals surface area contributed by atoms with Crippen molar-refractivity contribution in [2.45, 2.75) is 51.7 Å². The van der Waals surface area contributed by atoms with E-state index in [0.29, 0.717) is 36.6 Å². The summed E-state index contributed by atoms with van der Waals surface area (Å²) < 4.78 is 18.3. The molecule has 1 amide bonds. The number of benzene rings is 1. The predicted octanol–water partition coefficient (Wildman–Crippen LogP) is 2.36. The van der Waals surface area contributed by atoms with Gasteiger partial charge in [0.05, 0.1) is 25.3 Å². The fraction of sp³-hybridized carbons (Fsp3) is 0.444. The van der Waals surface area contributed by atoms with Gasteiger partial charge in [0.2, 0.25) is 11.8 Å². The van der Waals surface area contributed by atoms with Gasteiger partial charge in [-0.05, 0) is 31.7 Å². The molecule has 0 unspecified atom stereocenters. The Morgan fingerprint density at radius 2 is 2.03 bits per heavy atom. The smallest absolute Gasteiger partial charge is 0.340 e. The highest BCUT2D eigenvalue weighted by Crippen LogP contribution is 2.54. The summed E-state index contributed by atoms with van der Waals surface area (Å²) in [7, 11) is 1.22. The van der Waals surface area contributed by atoms with Crippen LogP contribution in [0.5, 0.6) is 5.75 Å². The molecule has 1 saturated heterocycles. The molecule has 3 aliphatic heterocycles. The molecule has 1 aromatic heterocycles. The Labute approximate surface area is 209 Å². The van der Waals surface area contributed by atoms with Gasteiger partial charge in [-0.25, -0.2) is 4.79 Å². The minimum atomic E-state index is -1.79. The van der Waals surface area contributed by atoms with E-state index in [1.807, 2.05) is 26.0 Å². The first-order valence-corrected chi connectivity index (χ1v) is 12.3. The van der Waals surface area contributed by atoms with Crippen molar-refractivity contribution < 1.29 is 23.8 Å². The number of ether oxygens (including phenoxy) is 3. The van der Waals surface area contributed by atoms with Crippen LogP contribution in [0, 0.1) is 12.8 Å². The van der Waals surface area contributed by atoms with E-state index < -0.39 is 22.9 Å². The highest BCUT2D eigenvalue weighted by molar-refractivity contribution is 6.18. The second-order valence-electron chi connectivity index (χ2n) is 9.99. The van der Waals surface area contributed by atoms with Crippen LogP contribution >= 0.6 is 0 Å². The van der Waals surface area contributed by atoms with Gasteiger partial charge in [0.1, 0.15) is 16.7 Å². The van der Waals surface area contributed by atoms with E-state index >= 15 is 0 Å². The molecule has 1 spiro atoms. The van der Waals surface area contributed by atoms with E-state index in [2.05, 4.69) is 0 Å². The summed E-state index contributed by atoms with van der Waals surface area (Å²) in [6.07, 6.45) is 1.66. The fourth-order valence-electron chi connectivity index (χ4n) is 5.70. The maximum Gasteiger partial charge on any atom is 0.340 e. The molecule has 0 aliphatic carbocycles. The summed E-state index contributed by atoms with van der Waals surface area (Å²) in [5.74, 6) is -1.19. The van der Waals surface area contributed by atoms with Crippen molar-refractivity contribution in [3.63, 3.8) is 0 Å². The molecule has 9 heteroatoms. The SMILES string of the molecule is COC(=O)C1=C(N)Oc2cc(C)n(C[C@@H]3CCCO3)c(=O)c2[C@]12C(=O)N(CC(C)C)c1ccccc12. The molecule has 2 aromatic rings. The molecule has 0 bridgehead atoms. The van der Waals surface area contributed by atoms with Crippen molar-refractivity contribution in [1.82, 2.24) is 4.57 Å². The molecule has 0 saturated carbocycles. The summed E-state index contributed by atoms with van der Waals surface area (Å²) in [4.78, 5) is 43.6. The maximum absolute atomic E-state index is 14.5. The van der Waals surface area contributed by atoms with Crippen molar-refractivity contribution in [2.75, 3.05) is 25.2 Å². The third-order valence-corrected chi connectivity index (χ3v) is 7.20. The van der Waals surface area contributed by atoms with Crippen LogP contribution < -0.4 is 20.9 Å². The van der Waals surface area contributed by atoms with Crippen LogP contribution in [0.25, 0.3) is 0 Å². The van der Waals surface area contributed by atoms with Crippen molar-refractivity contribution in [1.29, 1.82) is 0 Å². The maximum atomic E-state index is 14.5. The van der Waals surface area contributed by atoms with Crippen molar-refractivity contribution >= 4 is 17.6 Å². The first kappa shape index (κ1) is 24.1. The first-order valence-electron chi connectivity index (χ1n) is 12.3. The number of esters is 1. The molecule has 2 atom stereocenters. The molecule has 2 N–H and O–H groups in total. The molecule has 4 heterocycles. The van der Waals surface area contributed by atoms with Gasteiger partial charge in [-0.2, -0.15) is 0 Å². The van der Waals surface area contributed by atoms with Crippen LogP contribution in [-0.4, -0.2) is 42.8 Å². The van der Waals surface area contributed by atoms with E-state index in [1.165, 1.54) is 7.11 Å². The third-order valence-electron chi connectivity index (χ3n) is 7.20. The third kappa shape index (κ3) is 3.37. The number of aromatic nitrogens is 1. The molecular weight excluding hydrogens is 462 g/mol. The van der Waals surface area contributed by atoms with Gasteiger partial charge in [0, 0.05) is 36.2 Å². The molecule has 1 aromatic carbocycles. The van der Waals surface area contributed by atoms with Gasteiger partial charge in [0.15, 0.2) is 0 Å². The lowest BCUT2D eigenvalue weighted by atomic mass is 9.68. The van der Waals surface area contributed by atoms with Gasteiger partial charge in [-0.1, -0.05) is 32.0 Å². The average Bonchev–Trinajstić information content (AvgIpc) is 3.43. The summed E-state index contributed by atoms with van der Waals surface area (Å²) in [6, 6.07) is 8.90. The summed E-state index contributed by atoms with van der Waals surface area (Å²) >= 11 is 0. The van der Waals surface area contributed by atoms with Gasteiger partial charge in [-0.3, -0.25) is 9.59 Å². The van der Waals surface area contributed by atoms with E-state index in [0.717, 1.165) is 12.8 Å². The first-order chi connectivity index (χ1) is 17.2. The summed E-state index contributed by atoms with van der Waals surface area (Å²) in [5.41, 5.74) is 5.80. The van der Waals surface area contributed by atoms with Crippen LogP contribution in [0.4, 0.5) is 5.69 Å². The van der Waals surface area contributed by atoms with Crippen LogP contribution in [0.1, 0.15) is 43.5 Å². The molecule has 3 aliphatic rings. The Bertz CT molecular complexity index is 1340. The monoisotopic (exact) mass is 493 g/mol. The second-order valence-corrected chi connectivity index (χ2v) is 9.99. The Morgan fingerprint density at radius 1 is 1.28 bits per heavy atom. The quantitative estimate of drug-likeness (QED) is 0.636. The van der Waals surface area contributed by atoms with Gasteiger partial charge in [0.25, 0.3) is 5.56 Å². The number of anilines is 1. The average molecular weight is 494 g/mol. The molecule has 190 valence electrons. The highest BCUT2D eigenvalue weighted by Gasteiger charge is 2.62. The second kappa shape index (κ2) is 8.81. The number of rotatable bonds is 5. The normalized spacial score (nSPS) is 22.8. The van der Waals surface area contributed by atoms with Crippen LogP contribution in [0.15, 0.2) is 46.6 Å². The van der Waals surface area contributed by atoms with Crippen molar-refractivity contribution in [3.8, 4) is 5.75 Å². The lowest BCUT2D eigenvalue weighted by molar-refractivity contribution is -0.138. The zero-order valence-corrected chi connectivity index (χ0v) is 21.0. The van der Waals surface area contributed by atoms with Crippen LogP contribution in [0.3, 0.4) is 0 Å². The van der Waals surface area contributed by atoms with Crippen LogP contribution in [0.2, 0.25) is 0 Å². The van der Waals surface area contributed by atoms with Gasteiger partial charge >= 0.3 is 5.97 Å². The molecule has 36 heavy (non-hydrogen) atoms. The molecule has 0 radical (unpaired) electrons. The minimum absolute atomic E-state index is 0.0735. The zero-order chi connectivity index (χ0) is 25.8. The van der Waals surface area contributed by atoms with E-state index in [4.69, 9.17) is 19.9 Å². The Kier molecular flexibility index (Phi) is 5.90. The number of hydrogen-bond donors (Lipinski definition) is 1. The topological polar surface area (TPSA) is 113 Å². The molecule has 9 nitrogen and oxygen atoms in total. The van der Waals surface area contributed by atoms with Crippen molar-refractivity contribution in [3.05, 3.63) is 69.0 Å². The number of hydrogen-bond acceptors (Lipinski definition) is 7. The van der Waals surface area contributed by atoms with E-state index in [-0.39, 0.29) is 34.8 Å². The number of nitrogens with two attached hydrogens (primary N) is 1. The molecule has 1 fully saturated rings. The largest absolute Gasteiger partial charge is 0.465 e. The van der Waals surface area contributed by atoms with Crippen LogP contribution in [-0.2, 0) is 31.0 Å². The lowest BCUT2D eigenvalue weighted by Crippen LogP contribution is -2.52. The molecular formula is C27H31N3O6. The van der Waals surface area contributed by atoms with Gasteiger partial charge in [-0.15, -0.1) is 0 Å². The lowest BCUT2D eigenvalue weighted by Gasteiger charge is -2.36. The number of amides is 1. The number of carbonyl (C=O) groups is 2. The number of fused-ring (bicyclic) bond motifs is 4. The molecule has 5 rings (SSSR count). The predicted molar refractivity (Wildman–Crippen MR) is 133 cm³/mol. The summed E-state index contributed by atoms with van der Waals surface area (Å²) in [5, 5.41) is 0. The highest BCUT2D eigenvalue weighted by atomic mass is 16.5. The Hall–Kier alpha value is -3.59. The number of para-hydroxylation sites is 1. The number of nitrogens with zero attached hydrogens (tertiary/aromatic N) is 2. The number of aryl methyl sites for hydroxylation is 1.